The van der Waals surface area contributed by atoms with E-state index in [1.807, 2.05) is 6.92 Å². The van der Waals surface area contributed by atoms with Gasteiger partial charge in [0.05, 0.1) is 0 Å². The quantitative estimate of drug-likeness (QED) is 0.860. The molecule has 1 aromatic heterocycles. The molecule has 1 N–H and O–H groups in total. The minimum atomic E-state index is -4.18. The lowest BCUT2D eigenvalue weighted by Gasteiger charge is -2.26. The third-order valence-corrected chi connectivity index (χ3v) is 2.97. The van der Waals surface area contributed by atoms with Gasteiger partial charge in [-0.3, -0.25) is 0 Å². The molecule has 0 amide bonds. The van der Waals surface area contributed by atoms with Crippen molar-refractivity contribution in [2.24, 2.45) is 0 Å². The zero-order valence-corrected chi connectivity index (χ0v) is 10.9. The summed E-state index contributed by atoms with van der Waals surface area (Å²) >= 11 is 0. The van der Waals surface area contributed by atoms with Gasteiger partial charge in [-0.05, 0) is 25.3 Å². The molecule has 0 bridgehead atoms. The molecule has 0 spiro atoms. The van der Waals surface area contributed by atoms with Crippen molar-refractivity contribution in [1.29, 1.82) is 0 Å². The number of anilines is 2. The average Bonchev–Trinajstić information content (AvgIpc) is 3.17. The summed E-state index contributed by atoms with van der Waals surface area (Å²) in [5.41, 5.74) is 0.591. The summed E-state index contributed by atoms with van der Waals surface area (Å²) in [6.07, 6.45) is -0.0189. The summed E-state index contributed by atoms with van der Waals surface area (Å²) in [5, 5.41) is 3.09. The van der Waals surface area contributed by atoms with Crippen LogP contribution in [-0.2, 0) is 0 Å². The van der Waals surface area contributed by atoms with Crippen molar-refractivity contribution >= 4 is 11.5 Å². The van der Waals surface area contributed by atoms with Gasteiger partial charge >= 0.3 is 6.18 Å². The summed E-state index contributed by atoms with van der Waals surface area (Å²) < 4.78 is 37.8. The van der Waals surface area contributed by atoms with Crippen molar-refractivity contribution in [2.75, 3.05) is 23.3 Å². The van der Waals surface area contributed by atoms with Crippen LogP contribution in [0.4, 0.5) is 24.7 Å². The van der Waals surface area contributed by atoms with E-state index in [-0.39, 0.29) is 6.04 Å². The lowest BCUT2D eigenvalue weighted by Crippen LogP contribution is -2.36. The first kappa shape index (κ1) is 14.0. The summed E-state index contributed by atoms with van der Waals surface area (Å²) in [7, 11) is 0. The van der Waals surface area contributed by atoms with Crippen molar-refractivity contribution in [1.82, 2.24) is 4.98 Å². The van der Waals surface area contributed by atoms with Crippen molar-refractivity contribution in [2.45, 2.75) is 38.4 Å². The molecule has 0 radical (unpaired) electrons. The number of rotatable bonds is 6. The normalized spacial score (nSPS) is 15.4. The van der Waals surface area contributed by atoms with Gasteiger partial charge in [-0.1, -0.05) is 6.92 Å². The van der Waals surface area contributed by atoms with Crippen LogP contribution >= 0.6 is 0 Å². The minimum absolute atomic E-state index is 0.0167. The van der Waals surface area contributed by atoms with Gasteiger partial charge in [-0.15, -0.1) is 0 Å². The molecule has 0 saturated heterocycles. The molecule has 0 unspecified atom stereocenters. The standard InChI is InChI=1S/C13H18F3N3/c1-2-6-17-12-8-11(5-7-18-12)19(10-3-4-10)9-13(14,15)16/h5,7-8,10H,2-4,6,9H2,1H3,(H,17,18). The highest BCUT2D eigenvalue weighted by Crippen LogP contribution is 2.34. The summed E-state index contributed by atoms with van der Waals surface area (Å²) in [4.78, 5) is 5.55. The van der Waals surface area contributed by atoms with Gasteiger partial charge in [-0.2, -0.15) is 13.2 Å². The molecule has 106 valence electrons. The van der Waals surface area contributed by atoms with E-state index in [9.17, 15) is 13.2 Å². The van der Waals surface area contributed by atoms with Crippen molar-refractivity contribution in [3.05, 3.63) is 18.3 Å². The molecule has 0 aliphatic heterocycles. The van der Waals surface area contributed by atoms with Crippen LogP contribution in [0.3, 0.4) is 0 Å². The Morgan fingerprint density at radius 1 is 1.42 bits per heavy atom. The van der Waals surface area contributed by atoms with Gasteiger partial charge in [0.25, 0.3) is 0 Å². The Hall–Kier alpha value is -1.46. The lowest BCUT2D eigenvalue weighted by atomic mass is 10.3. The molecule has 1 aromatic rings. The first-order valence-electron chi connectivity index (χ1n) is 6.53. The van der Waals surface area contributed by atoms with E-state index in [2.05, 4.69) is 10.3 Å². The number of pyridine rings is 1. The van der Waals surface area contributed by atoms with E-state index >= 15 is 0 Å². The number of aromatic nitrogens is 1. The Kier molecular flexibility index (Phi) is 4.17. The molecule has 3 nitrogen and oxygen atoms in total. The van der Waals surface area contributed by atoms with E-state index in [1.165, 1.54) is 4.90 Å². The largest absolute Gasteiger partial charge is 0.405 e. The number of nitrogens with one attached hydrogen (secondary N) is 1. The van der Waals surface area contributed by atoms with Gasteiger partial charge in [-0.25, -0.2) is 4.98 Å². The number of hydrogen-bond donors (Lipinski definition) is 1. The van der Waals surface area contributed by atoms with Crippen LogP contribution in [0.5, 0.6) is 0 Å². The predicted molar refractivity (Wildman–Crippen MR) is 69.4 cm³/mol. The highest BCUT2D eigenvalue weighted by molar-refractivity contribution is 5.55. The first-order chi connectivity index (χ1) is 8.99. The molecule has 0 aromatic carbocycles. The lowest BCUT2D eigenvalue weighted by molar-refractivity contribution is -0.120. The van der Waals surface area contributed by atoms with Crippen LogP contribution in [0.2, 0.25) is 0 Å². The minimum Gasteiger partial charge on any atom is -0.370 e. The number of nitrogens with zero attached hydrogens (tertiary/aromatic N) is 2. The SMILES string of the molecule is CCCNc1cc(N(CC(F)(F)F)C2CC2)ccn1. The Morgan fingerprint density at radius 2 is 2.16 bits per heavy atom. The molecule has 1 heterocycles. The second-order valence-corrected chi connectivity index (χ2v) is 4.80. The maximum atomic E-state index is 12.6. The highest BCUT2D eigenvalue weighted by atomic mass is 19.4. The topological polar surface area (TPSA) is 28.2 Å². The molecule has 1 aliphatic carbocycles. The molecule has 19 heavy (non-hydrogen) atoms. The molecule has 1 fully saturated rings. The fraction of sp³-hybridized carbons (Fsp3) is 0.615. The Morgan fingerprint density at radius 3 is 2.74 bits per heavy atom. The second kappa shape index (κ2) is 5.67. The fourth-order valence-electron chi connectivity index (χ4n) is 1.96. The van der Waals surface area contributed by atoms with Crippen LogP contribution < -0.4 is 10.2 Å². The van der Waals surface area contributed by atoms with Crippen LogP contribution in [0.1, 0.15) is 26.2 Å². The average molecular weight is 273 g/mol. The van der Waals surface area contributed by atoms with E-state index in [4.69, 9.17) is 0 Å². The van der Waals surface area contributed by atoms with Crippen molar-refractivity contribution in [3.8, 4) is 0 Å². The maximum Gasteiger partial charge on any atom is 0.405 e. The monoisotopic (exact) mass is 273 g/mol. The Balaban J connectivity index is 2.12. The first-order valence-corrected chi connectivity index (χ1v) is 6.53. The molecular formula is C13H18F3N3. The van der Waals surface area contributed by atoms with Crippen LogP contribution in [0.25, 0.3) is 0 Å². The van der Waals surface area contributed by atoms with Crippen molar-refractivity contribution in [3.63, 3.8) is 0 Å². The third-order valence-electron chi connectivity index (χ3n) is 2.97. The Bertz CT molecular complexity index is 416. The van der Waals surface area contributed by atoms with E-state index in [0.717, 1.165) is 25.8 Å². The summed E-state index contributed by atoms with van der Waals surface area (Å²) in [6.45, 7) is 1.89. The van der Waals surface area contributed by atoms with Crippen LogP contribution in [-0.4, -0.2) is 30.3 Å². The third kappa shape index (κ3) is 4.29. The number of hydrogen-bond acceptors (Lipinski definition) is 3. The Labute approximate surface area is 110 Å². The second-order valence-electron chi connectivity index (χ2n) is 4.80. The van der Waals surface area contributed by atoms with Gasteiger partial charge in [0.2, 0.25) is 0 Å². The molecule has 2 rings (SSSR count). The van der Waals surface area contributed by atoms with E-state index < -0.39 is 12.7 Å². The molecule has 1 aliphatic rings. The van der Waals surface area contributed by atoms with Gasteiger partial charge in [0, 0.05) is 30.5 Å². The molecular weight excluding hydrogens is 255 g/mol. The number of halogens is 3. The predicted octanol–water partition coefficient (Wildman–Crippen LogP) is 3.43. The van der Waals surface area contributed by atoms with Gasteiger partial charge < -0.3 is 10.2 Å². The fourth-order valence-corrected chi connectivity index (χ4v) is 1.96. The van der Waals surface area contributed by atoms with Gasteiger partial charge in [0.1, 0.15) is 12.4 Å². The van der Waals surface area contributed by atoms with Crippen molar-refractivity contribution < 1.29 is 13.2 Å². The molecule has 0 atom stereocenters. The summed E-state index contributed by atoms with van der Waals surface area (Å²) in [5.74, 6) is 0.632. The zero-order valence-electron chi connectivity index (χ0n) is 10.9. The maximum absolute atomic E-state index is 12.6. The van der Waals surface area contributed by atoms with E-state index in [0.29, 0.717) is 11.5 Å². The molecule has 6 heteroatoms. The molecule has 1 saturated carbocycles. The summed E-state index contributed by atoms with van der Waals surface area (Å²) in [6, 6.07) is 3.35. The highest BCUT2D eigenvalue weighted by Gasteiger charge is 2.38. The van der Waals surface area contributed by atoms with Crippen LogP contribution in [0.15, 0.2) is 18.3 Å². The smallest absolute Gasteiger partial charge is 0.370 e. The van der Waals surface area contributed by atoms with Gasteiger partial charge in [0.15, 0.2) is 0 Å². The van der Waals surface area contributed by atoms with Crippen LogP contribution in [0, 0.1) is 0 Å². The number of alkyl halides is 3. The van der Waals surface area contributed by atoms with E-state index in [1.54, 1.807) is 18.3 Å². The zero-order chi connectivity index (χ0) is 13.9.